The molecular weight excluding hydrogens is 600 g/mol. The molecule has 3 fully saturated rings. The summed E-state index contributed by atoms with van der Waals surface area (Å²) in [5.41, 5.74) is 1.12. The third-order valence-electron chi connectivity index (χ3n) is 10.5. The number of epoxide rings is 1. The van der Waals surface area contributed by atoms with E-state index < -0.39 is 60.5 Å². The minimum atomic E-state index is -2.08. The number of aliphatic hydroxyl groups excluding tert-OH is 2. The quantitative estimate of drug-likeness (QED) is 0.268. The Labute approximate surface area is 264 Å². The van der Waals surface area contributed by atoms with Crippen molar-refractivity contribution in [2.45, 2.75) is 62.4 Å². The largest absolute Gasteiger partial charge is 0.506 e. The number of hydrogen-bond donors (Lipinski definition) is 4. The van der Waals surface area contributed by atoms with Crippen LogP contribution in [0.15, 0.2) is 30.3 Å². The standard InChI is InChI=1S/C34H36O12/c1-15-9-20-23(29-22(15)30-31-33(39,44-29)32(14-43-32)34(45-30,46-31)18(11-35)12-36)27(38)25-24(28(20)41-4)21(10-16(2)26(25)37)42-13-17-5-7-19(40-3)8-6-17/h5-9,16,18,21,30-31,35-36,38-39H,10-14H2,1-4H3/t16-,21-,30?,31?,32-,33+,34?/m0/s1. The summed E-state index contributed by atoms with van der Waals surface area (Å²) in [5, 5.41) is 45.1. The van der Waals surface area contributed by atoms with Gasteiger partial charge in [0.05, 0.1) is 63.6 Å². The molecule has 7 atom stereocenters. The van der Waals surface area contributed by atoms with E-state index in [1.165, 1.54) is 7.11 Å². The molecule has 5 aliphatic rings. The Morgan fingerprint density at radius 3 is 2.41 bits per heavy atom. The van der Waals surface area contributed by atoms with Gasteiger partial charge < -0.3 is 53.6 Å². The molecule has 0 saturated carbocycles. The predicted molar refractivity (Wildman–Crippen MR) is 159 cm³/mol. The first-order chi connectivity index (χ1) is 22.1. The van der Waals surface area contributed by atoms with E-state index in [0.29, 0.717) is 34.2 Å². The van der Waals surface area contributed by atoms with Gasteiger partial charge in [0.15, 0.2) is 11.9 Å². The van der Waals surface area contributed by atoms with Crippen LogP contribution in [0, 0.1) is 18.8 Å². The van der Waals surface area contributed by atoms with Crippen molar-refractivity contribution < 1.29 is 58.4 Å². The molecule has 244 valence electrons. The van der Waals surface area contributed by atoms with Crippen LogP contribution >= 0.6 is 0 Å². The lowest BCUT2D eigenvalue weighted by atomic mass is 9.75. The number of phenolic OH excluding ortho intramolecular Hbond substituents is 1. The monoisotopic (exact) mass is 636 g/mol. The molecule has 3 aromatic rings. The molecule has 46 heavy (non-hydrogen) atoms. The number of methoxy groups -OCH3 is 2. The lowest BCUT2D eigenvalue weighted by molar-refractivity contribution is -0.297. The molecule has 8 rings (SSSR count). The first kappa shape index (κ1) is 29.9. The van der Waals surface area contributed by atoms with E-state index in [0.717, 1.165) is 11.3 Å². The summed E-state index contributed by atoms with van der Waals surface area (Å²) >= 11 is 0. The Bertz CT molecular complexity index is 1760. The fraction of sp³-hybridized carbons (Fsp3) is 0.500. The molecule has 3 saturated heterocycles. The van der Waals surface area contributed by atoms with Crippen molar-refractivity contribution in [3.63, 3.8) is 0 Å². The molecule has 12 heteroatoms. The third kappa shape index (κ3) is 3.55. The first-order valence-electron chi connectivity index (χ1n) is 15.4. The van der Waals surface area contributed by atoms with E-state index in [1.807, 2.05) is 37.3 Å². The van der Waals surface area contributed by atoms with Gasteiger partial charge in [-0.15, -0.1) is 0 Å². The van der Waals surface area contributed by atoms with Crippen molar-refractivity contribution in [2.75, 3.05) is 34.0 Å². The van der Waals surface area contributed by atoms with Crippen molar-refractivity contribution in [3.8, 4) is 23.0 Å². The Morgan fingerprint density at radius 1 is 1.07 bits per heavy atom. The van der Waals surface area contributed by atoms with Gasteiger partial charge in [0.1, 0.15) is 29.1 Å². The van der Waals surface area contributed by atoms with E-state index in [9.17, 15) is 25.2 Å². The number of fused-ring (bicyclic) bond motifs is 8. The maximum atomic E-state index is 13.8. The fourth-order valence-corrected chi connectivity index (χ4v) is 8.12. The van der Waals surface area contributed by atoms with Crippen LogP contribution in [0.2, 0.25) is 0 Å². The highest BCUT2D eigenvalue weighted by Gasteiger charge is 2.91. The highest BCUT2D eigenvalue weighted by molar-refractivity contribution is 6.12. The fourth-order valence-electron chi connectivity index (χ4n) is 8.12. The molecule has 4 aliphatic heterocycles. The summed E-state index contributed by atoms with van der Waals surface area (Å²) < 4.78 is 42.7. The van der Waals surface area contributed by atoms with Crippen LogP contribution in [0.3, 0.4) is 0 Å². The maximum Gasteiger partial charge on any atom is 0.274 e. The number of Topliss-reactive ketones (excluding diaryl/α,β-unsaturated/α-hetero) is 1. The van der Waals surface area contributed by atoms with Crippen LogP contribution in [-0.2, 0) is 25.6 Å². The number of phenols is 1. The van der Waals surface area contributed by atoms with Crippen LogP contribution in [0.1, 0.15) is 58.2 Å². The molecule has 3 aromatic carbocycles. The summed E-state index contributed by atoms with van der Waals surface area (Å²) in [6.45, 7) is 2.93. The molecular formula is C34H36O12. The molecule has 0 amide bonds. The van der Waals surface area contributed by atoms with Gasteiger partial charge in [-0.05, 0) is 42.7 Å². The average Bonchev–Trinajstić information content (AvgIpc) is 3.73. The summed E-state index contributed by atoms with van der Waals surface area (Å²) in [4.78, 5) is 13.8. The van der Waals surface area contributed by atoms with E-state index in [4.69, 9.17) is 33.2 Å². The maximum absolute atomic E-state index is 13.8. The normalized spacial score (nSPS) is 33.3. The topological polar surface area (TPSA) is 166 Å². The summed E-state index contributed by atoms with van der Waals surface area (Å²) in [6.07, 6.45) is -2.11. The Balaban J connectivity index is 1.29. The summed E-state index contributed by atoms with van der Waals surface area (Å²) in [5.74, 6) is -4.49. The lowest BCUT2D eigenvalue weighted by Gasteiger charge is -2.48. The van der Waals surface area contributed by atoms with Crippen molar-refractivity contribution >= 4 is 16.6 Å². The zero-order chi connectivity index (χ0) is 32.3. The average molecular weight is 637 g/mol. The number of aryl methyl sites for hydroxylation is 1. The van der Waals surface area contributed by atoms with Gasteiger partial charge in [0, 0.05) is 22.4 Å². The van der Waals surface area contributed by atoms with E-state index in [-0.39, 0.29) is 41.4 Å². The van der Waals surface area contributed by atoms with Crippen LogP contribution in [0.4, 0.5) is 0 Å². The lowest BCUT2D eigenvalue weighted by Crippen LogP contribution is -2.68. The summed E-state index contributed by atoms with van der Waals surface area (Å²) in [6, 6.07) is 9.33. The second kappa shape index (κ2) is 10.0. The number of aromatic hydroxyl groups is 1. The van der Waals surface area contributed by atoms with Crippen LogP contribution < -0.4 is 14.2 Å². The molecule has 4 N–H and O–H groups in total. The zero-order valence-electron chi connectivity index (χ0n) is 25.9. The molecule has 1 aliphatic carbocycles. The smallest absolute Gasteiger partial charge is 0.274 e. The van der Waals surface area contributed by atoms with Gasteiger partial charge in [0.2, 0.25) is 11.4 Å². The van der Waals surface area contributed by atoms with E-state index in [2.05, 4.69) is 0 Å². The highest BCUT2D eigenvalue weighted by atomic mass is 16.8. The number of ketones is 1. The van der Waals surface area contributed by atoms with Gasteiger partial charge in [-0.25, -0.2) is 0 Å². The summed E-state index contributed by atoms with van der Waals surface area (Å²) in [7, 11) is 3.10. The highest BCUT2D eigenvalue weighted by Crippen LogP contribution is 2.71. The minimum Gasteiger partial charge on any atom is -0.506 e. The number of aliphatic hydroxyl groups is 3. The third-order valence-corrected chi connectivity index (χ3v) is 10.5. The number of benzene rings is 3. The SMILES string of the molecule is COc1ccc(CO[C@H]2C[C@H](C)C(=O)c3c2c(OC)c2cc(C)c4c(c2c3O)O[C@]2(O)C3OC(C(CO)CO)(OC43)[C@]23CO3)cc1. The second-order valence-corrected chi connectivity index (χ2v) is 12.9. The second-order valence-electron chi connectivity index (χ2n) is 12.9. The minimum absolute atomic E-state index is 0.00375. The van der Waals surface area contributed by atoms with Crippen molar-refractivity contribution in [3.05, 3.63) is 58.1 Å². The predicted octanol–water partition coefficient (Wildman–Crippen LogP) is 2.97. The first-order valence-corrected chi connectivity index (χ1v) is 15.4. The Hall–Kier alpha value is -3.49. The molecule has 2 bridgehead atoms. The van der Waals surface area contributed by atoms with Crippen LogP contribution in [0.25, 0.3) is 10.8 Å². The molecule has 4 heterocycles. The number of rotatable bonds is 8. The number of carbonyl (C=O) groups excluding carboxylic acids is 1. The van der Waals surface area contributed by atoms with Crippen molar-refractivity contribution in [1.82, 2.24) is 0 Å². The van der Waals surface area contributed by atoms with Gasteiger partial charge in [-0.2, -0.15) is 0 Å². The van der Waals surface area contributed by atoms with E-state index in [1.54, 1.807) is 14.0 Å². The Morgan fingerprint density at radius 2 is 1.78 bits per heavy atom. The van der Waals surface area contributed by atoms with Gasteiger partial charge >= 0.3 is 0 Å². The zero-order valence-corrected chi connectivity index (χ0v) is 25.9. The molecule has 3 unspecified atom stereocenters. The number of ether oxygens (including phenoxy) is 7. The van der Waals surface area contributed by atoms with E-state index >= 15 is 0 Å². The van der Waals surface area contributed by atoms with Crippen molar-refractivity contribution in [2.24, 2.45) is 11.8 Å². The Kier molecular flexibility index (Phi) is 6.50. The molecule has 12 nitrogen and oxygen atoms in total. The van der Waals surface area contributed by atoms with Crippen LogP contribution in [-0.4, -0.2) is 83.5 Å². The molecule has 1 spiro atoms. The van der Waals surface area contributed by atoms with Gasteiger partial charge in [-0.3, -0.25) is 4.79 Å². The molecule has 0 radical (unpaired) electrons. The molecule has 0 aromatic heterocycles. The van der Waals surface area contributed by atoms with Crippen molar-refractivity contribution in [1.29, 1.82) is 0 Å². The number of carbonyl (C=O) groups is 1. The van der Waals surface area contributed by atoms with Gasteiger partial charge in [0.25, 0.3) is 5.79 Å². The van der Waals surface area contributed by atoms with Gasteiger partial charge in [-0.1, -0.05) is 19.1 Å². The van der Waals surface area contributed by atoms with Crippen LogP contribution in [0.5, 0.6) is 23.0 Å². The number of hydrogen-bond acceptors (Lipinski definition) is 12.